The third-order valence-electron chi connectivity index (χ3n) is 5.59. The van der Waals surface area contributed by atoms with Crippen LogP contribution >= 0.6 is 0 Å². The van der Waals surface area contributed by atoms with Gasteiger partial charge in [0.2, 0.25) is 5.91 Å². The normalized spacial score (nSPS) is 24.7. The molecule has 4 nitrogen and oxygen atoms in total. The van der Waals surface area contributed by atoms with Crippen molar-refractivity contribution in [1.82, 2.24) is 4.90 Å². The van der Waals surface area contributed by atoms with Gasteiger partial charge in [-0.2, -0.15) is 0 Å². The monoisotopic (exact) mass is 315 g/mol. The fourth-order valence-electron chi connectivity index (χ4n) is 4.31. The minimum Gasteiger partial charge on any atom is -0.348 e. The summed E-state index contributed by atoms with van der Waals surface area (Å²) in [5.41, 5.74) is 2.73. The lowest BCUT2D eigenvalue weighted by atomic mass is 9.79. The van der Waals surface area contributed by atoms with Crippen molar-refractivity contribution in [1.29, 1.82) is 0 Å². The predicted octanol–water partition coefficient (Wildman–Crippen LogP) is 3.21. The molecule has 3 fully saturated rings. The molecule has 2 aliphatic heterocycles. The number of hydrogen-bond donors (Lipinski definition) is 0. The Balaban J connectivity index is 1.47. The van der Waals surface area contributed by atoms with Crippen molar-refractivity contribution in [3.63, 3.8) is 0 Å². The maximum Gasteiger partial charge on any atom is 0.222 e. The minimum absolute atomic E-state index is 0.295. The summed E-state index contributed by atoms with van der Waals surface area (Å²) in [6.07, 6.45) is 5.88. The fourth-order valence-corrected chi connectivity index (χ4v) is 4.31. The third kappa shape index (κ3) is 3.02. The Kier molecular flexibility index (Phi) is 4.12. The van der Waals surface area contributed by atoms with Gasteiger partial charge in [-0.1, -0.05) is 24.3 Å². The van der Waals surface area contributed by atoms with Gasteiger partial charge in [0, 0.05) is 32.4 Å². The first-order valence-corrected chi connectivity index (χ1v) is 8.89. The van der Waals surface area contributed by atoms with Gasteiger partial charge in [0.05, 0.1) is 13.2 Å². The first kappa shape index (κ1) is 15.2. The minimum atomic E-state index is -0.295. The van der Waals surface area contributed by atoms with Crippen LogP contribution in [0.3, 0.4) is 0 Å². The predicted molar refractivity (Wildman–Crippen MR) is 86.9 cm³/mol. The van der Waals surface area contributed by atoms with Crippen molar-refractivity contribution < 1.29 is 14.3 Å². The smallest absolute Gasteiger partial charge is 0.222 e. The molecule has 23 heavy (non-hydrogen) atoms. The molecule has 3 aliphatic rings. The van der Waals surface area contributed by atoms with Crippen molar-refractivity contribution in [2.75, 3.05) is 19.8 Å². The molecule has 0 radical (unpaired) electrons. The number of nitrogens with zero attached hydrogens (tertiary/aromatic N) is 1. The van der Waals surface area contributed by atoms with E-state index < -0.39 is 0 Å². The van der Waals surface area contributed by atoms with Gasteiger partial charge in [-0.05, 0) is 36.3 Å². The molecule has 2 saturated heterocycles. The Morgan fingerprint density at radius 1 is 1.13 bits per heavy atom. The Morgan fingerprint density at radius 2 is 1.87 bits per heavy atom. The van der Waals surface area contributed by atoms with E-state index in [2.05, 4.69) is 24.3 Å². The second-order valence-corrected chi connectivity index (χ2v) is 7.00. The number of carbonyl (C=O) groups excluding carboxylic acids is 1. The van der Waals surface area contributed by atoms with E-state index in [1.807, 2.05) is 4.90 Å². The molecular formula is C19H25NO3. The van der Waals surface area contributed by atoms with Crippen molar-refractivity contribution in [3.8, 4) is 0 Å². The summed E-state index contributed by atoms with van der Waals surface area (Å²) in [5.74, 6) is 0.564. The van der Waals surface area contributed by atoms with Gasteiger partial charge >= 0.3 is 0 Å². The highest BCUT2D eigenvalue weighted by molar-refractivity contribution is 5.78. The summed E-state index contributed by atoms with van der Waals surface area (Å²) < 4.78 is 11.7. The fraction of sp³-hybridized carbons (Fsp3) is 0.632. The maximum atomic E-state index is 11.9. The van der Waals surface area contributed by atoms with Crippen molar-refractivity contribution in [3.05, 3.63) is 35.4 Å². The van der Waals surface area contributed by atoms with Crippen LogP contribution < -0.4 is 0 Å². The molecule has 1 amide bonds. The SMILES string of the molecule is O=C1CCCN1Cc1ccccc1C1CCC2(CC1)OCCO2. The number of hydrogen-bond acceptors (Lipinski definition) is 3. The van der Waals surface area contributed by atoms with E-state index >= 15 is 0 Å². The molecule has 2 heterocycles. The quantitative estimate of drug-likeness (QED) is 0.860. The molecule has 0 atom stereocenters. The van der Waals surface area contributed by atoms with Crippen LogP contribution in [-0.4, -0.2) is 36.4 Å². The molecule has 0 unspecified atom stereocenters. The molecule has 0 bridgehead atoms. The zero-order chi connectivity index (χ0) is 15.7. The molecule has 1 spiro atoms. The lowest BCUT2D eigenvalue weighted by Gasteiger charge is -2.36. The number of amides is 1. The topological polar surface area (TPSA) is 38.8 Å². The summed E-state index contributed by atoms with van der Waals surface area (Å²) in [4.78, 5) is 13.9. The summed E-state index contributed by atoms with van der Waals surface area (Å²) in [5, 5.41) is 0. The molecule has 1 saturated carbocycles. The third-order valence-corrected chi connectivity index (χ3v) is 5.59. The van der Waals surface area contributed by atoms with Gasteiger partial charge < -0.3 is 14.4 Å². The lowest BCUT2D eigenvalue weighted by molar-refractivity contribution is -0.178. The Morgan fingerprint density at radius 3 is 2.57 bits per heavy atom. The van der Waals surface area contributed by atoms with Crippen LogP contribution in [0.1, 0.15) is 55.6 Å². The maximum absolute atomic E-state index is 11.9. The summed E-state index contributed by atoms with van der Waals surface area (Å²) in [7, 11) is 0. The summed E-state index contributed by atoms with van der Waals surface area (Å²) in [6, 6.07) is 8.65. The Bertz CT molecular complexity index is 570. The Hall–Kier alpha value is -1.39. The molecular weight excluding hydrogens is 290 g/mol. The Labute approximate surface area is 137 Å². The molecule has 4 rings (SSSR count). The number of rotatable bonds is 3. The van der Waals surface area contributed by atoms with E-state index in [0.29, 0.717) is 18.2 Å². The first-order chi connectivity index (χ1) is 11.3. The average Bonchev–Trinajstić information content (AvgIpc) is 3.19. The van der Waals surface area contributed by atoms with E-state index in [1.54, 1.807) is 0 Å². The van der Waals surface area contributed by atoms with Gasteiger partial charge in [0.1, 0.15) is 0 Å². The van der Waals surface area contributed by atoms with Gasteiger partial charge in [0.15, 0.2) is 5.79 Å². The van der Waals surface area contributed by atoms with Crippen LogP contribution in [0, 0.1) is 0 Å². The van der Waals surface area contributed by atoms with Crippen LogP contribution in [0.25, 0.3) is 0 Å². The molecule has 1 aromatic carbocycles. The molecule has 0 aromatic heterocycles. The average molecular weight is 315 g/mol. The van der Waals surface area contributed by atoms with E-state index in [4.69, 9.17) is 9.47 Å². The van der Waals surface area contributed by atoms with Crippen molar-refractivity contribution in [2.24, 2.45) is 0 Å². The zero-order valence-corrected chi connectivity index (χ0v) is 13.6. The van der Waals surface area contributed by atoms with E-state index in [-0.39, 0.29) is 5.79 Å². The number of likely N-dealkylation sites (tertiary alicyclic amines) is 1. The van der Waals surface area contributed by atoms with E-state index in [1.165, 1.54) is 11.1 Å². The summed E-state index contributed by atoms with van der Waals surface area (Å²) >= 11 is 0. The van der Waals surface area contributed by atoms with Gasteiger partial charge in [-0.15, -0.1) is 0 Å². The molecule has 124 valence electrons. The van der Waals surface area contributed by atoms with E-state index in [9.17, 15) is 4.79 Å². The van der Waals surface area contributed by atoms with Crippen molar-refractivity contribution in [2.45, 2.75) is 56.8 Å². The van der Waals surface area contributed by atoms with Crippen LogP contribution in [-0.2, 0) is 20.8 Å². The van der Waals surface area contributed by atoms with E-state index in [0.717, 1.165) is 58.4 Å². The highest BCUT2D eigenvalue weighted by atomic mass is 16.7. The van der Waals surface area contributed by atoms with Crippen molar-refractivity contribution >= 4 is 5.91 Å². The second-order valence-electron chi connectivity index (χ2n) is 7.00. The zero-order valence-electron chi connectivity index (χ0n) is 13.6. The molecule has 4 heteroatoms. The van der Waals surface area contributed by atoms with Gasteiger partial charge in [-0.25, -0.2) is 0 Å². The molecule has 1 aromatic rings. The standard InChI is InChI=1S/C19H25NO3/c21-18-6-3-11-20(18)14-16-4-1-2-5-17(16)15-7-9-19(10-8-15)22-12-13-23-19/h1-2,4-5,15H,3,6-14H2. The highest BCUT2D eigenvalue weighted by Gasteiger charge is 2.40. The number of benzene rings is 1. The van der Waals surface area contributed by atoms with Gasteiger partial charge in [-0.3, -0.25) is 4.79 Å². The van der Waals surface area contributed by atoms with Gasteiger partial charge in [0.25, 0.3) is 0 Å². The lowest BCUT2D eigenvalue weighted by Crippen LogP contribution is -2.35. The second kappa shape index (κ2) is 6.25. The number of carbonyl (C=O) groups is 1. The van der Waals surface area contributed by atoms with Crippen LogP contribution in [0.5, 0.6) is 0 Å². The first-order valence-electron chi connectivity index (χ1n) is 8.89. The largest absolute Gasteiger partial charge is 0.348 e. The number of ether oxygens (including phenoxy) is 2. The summed E-state index contributed by atoms with van der Waals surface area (Å²) in [6.45, 7) is 3.14. The molecule has 1 aliphatic carbocycles. The van der Waals surface area contributed by atoms with Crippen LogP contribution in [0.4, 0.5) is 0 Å². The van der Waals surface area contributed by atoms with Crippen LogP contribution in [0.2, 0.25) is 0 Å². The van der Waals surface area contributed by atoms with Crippen LogP contribution in [0.15, 0.2) is 24.3 Å². The highest BCUT2D eigenvalue weighted by Crippen LogP contribution is 2.43. The molecule has 0 N–H and O–H groups in total.